The Morgan fingerprint density at radius 3 is 2.46 bits per heavy atom. The third-order valence-corrected chi connectivity index (χ3v) is 4.63. The largest absolute Gasteiger partial charge is 0.368 e. The van der Waals surface area contributed by atoms with Crippen LogP contribution in [0.5, 0.6) is 0 Å². The SMILES string of the molecule is CC(C)N1C(=O)NC(=O)/C(=C/c2cc([N+](=O)[O-])ccc2N2CCNCC2)C1=O. The molecule has 4 amide bonds. The fourth-order valence-corrected chi connectivity index (χ4v) is 3.26. The molecule has 0 spiro atoms. The van der Waals surface area contributed by atoms with Gasteiger partial charge in [0, 0.05) is 55.6 Å². The minimum Gasteiger partial charge on any atom is -0.368 e. The van der Waals surface area contributed by atoms with Crippen LogP contribution in [0.1, 0.15) is 19.4 Å². The highest BCUT2D eigenvalue weighted by atomic mass is 16.6. The van der Waals surface area contributed by atoms with Crippen molar-refractivity contribution in [3.8, 4) is 0 Å². The second-order valence-corrected chi connectivity index (χ2v) is 6.82. The van der Waals surface area contributed by atoms with Crippen LogP contribution in [-0.4, -0.2) is 59.9 Å². The van der Waals surface area contributed by atoms with E-state index in [1.165, 1.54) is 18.2 Å². The van der Waals surface area contributed by atoms with Gasteiger partial charge in [-0.3, -0.25) is 29.9 Å². The lowest BCUT2D eigenvalue weighted by Gasteiger charge is -2.31. The van der Waals surface area contributed by atoms with E-state index in [0.717, 1.165) is 18.0 Å². The van der Waals surface area contributed by atoms with Crippen LogP contribution in [0.4, 0.5) is 16.2 Å². The molecule has 0 saturated carbocycles. The molecule has 0 aromatic heterocycles. The molecule has 10 nitrogen and oxygen atoms in total. The molecule has 0 unspecified atom stereocenters. The van der Waals surface area contributed by atoms with Gasteiger partial charge < -0.3 is 10.2 Å². The molecule has 148 valence electrons. The van der Waals surface area contributed by atoms with Crippen LogP contribution in [0.2, 0.25) is 0 Å². The topological polar surface area (TPSA) is 125 Å². The number of carbonyl (C=O) groups excluding carboxylic acids is 3. The first-order valence-electron chi connectivity index (χ1n) is 8.94. The second kappa shape index (κ2) is 7.77. The van der Waals surface area contributed by atoms with Crippen molar-refractivity contribution in [2.24, 2.45) is 0 Å². The van der Waals surface area contributed by atoms with Crippen molar-refractivity contribution in [1.29, 1.82) is 0 Å². The standard InChI is InChI=1S/C18H21N5O5/c1-11(2)22-17(25)14(16(24)20-18(22)26)10-12-9-13(23(27)28)3-4-15(12)21-7-5-19-6-8-21/h3-4,9-11,19H,5-8H2,1-2H3,(H,20,24,26)/b14-10-. The normalized spacial score (nSPS) is 19.4. The highest BCUT2D eigenvalue weighted by molar-refractivity contribution is 6.31. The molecule has 3 rings (SSSR count). The number of nitro groups is 1. The van der Waals surface area contributed by atoms with Gasteiger partial charge in [-0.15, -0.1) is 0 Å². The number of nitrogens with one attached hydrogen (secondary N) is 2. The second-order valence-electron chi connectivity index (χ2n) is 6.82. The van der Waals surface area contributed by atoms with Gasteiger partial charge in [0.15, 0.2) is 0 Å². The first-order valence-corrected chi connectivity index (χ1v) is 8.94. The van der Waals surface area contributed by atoms with E-state index in [4.69, 9.17) is 0 Å². The van der Waals surface area contributed by atoms with Gasteiger partial charge in [-0.05, 0) is 26.0 Å². The van der Waals surface area contributed by atoms with Crippen LogP contribution in [0.15, 0.2) is 23.8 Å². The predicted octanol–water partition coefficient (Wildman–Crippen LogP) is 0.875. The summed E-state index contributed by atoms with van der Waals surface area (Å²) in [4.78, 5) is 50.6. The van der Waals surface area contributed by atoms with Crippen LogP contribution >= 0.6 is 0 Å². The molecule has 2 N–H and O–H groups in total. The average Bonchev–Trinajstić information content (AvgIpc) is 2.65. The van der Waals surface area contributed by atoms with Gasteiger partial charge in [-0.1, -0.05) is 0 Å². The molecule has 1 aromatic rings. The maximum Gasteiger partial charge on any atom is 0.331 e. The average molecular weight is 387 g/mol. The quantitative estimate of drug-likeness (QED) is 0.340. The molecule has 0 radical (unpaired) electrons. The number of nitrogens with zero attached hydrogens (tertiary/aromatic N) is 3. The number of rotatable bonds is 4. The van der Waals surface area contributed by atoms with Crippen LogP contribution < -0.4 is 15.5 Å². The molecule has 2 aliphatic rings. The number of barbiturate groups is 1. The fraction of sp³-hybridized carbons (Fsp3) is 0.389. The van der Waals surface area contributed by atoms with Gasteiger partial charge in [-0.25, -0.2) is 4.79 Å². The third kappa shape index (κ3) is 3.72. The van der Waals surface area contributed by atoms with Crippen molar-refractivity contribution in [2.45, 2.75) is 19.9 Å². The third-order valence-electron chi connectivity index (χ3n) is 4.63. The monoisotopic (exact) mass is 387 g/mol. The van der Waals surface area contributed by atoms with Gasteiger partial charge in [-0.2, -0.15) is 0 Å². The Hall–Kier alpha value is -3.27. The minimum absolute atomic E-state index is 0.147. The summed E-state index contributed by atoms with van der Waals surface area (Å²) in [6, 6.07) is 3.13. The number of benzene rings is 1. The first-order chi connectivity index (χ1) is 13.3. The Balaban J connectivity index is 2.08. The van der Waals surface area contributed by atoms with Crippen molar-refractivity contribution in [3.63, 3.8) is 0 Å². The number of amides is 4. The maximum absolute atomic E-state index is 12.7. The van der Waals surface area contributed by atoms with Crippen molar-refractivity contribution in [2.75, 3.05) is 31.1 Å². The fourth-order valence-electron chi connectivity index (χ4n) is 3.26. The van der Waals surface area contributed by atoms with E-state index >= 15 is 0 Å². The van der Waals surface area contributed by atoms with E-state index in [1.54, 1.807) is 19.9 Å². The number of piperazine rings is 1. The number of imide groups is 2. The number of anilines is 1. The lowest BCUT2D eigenvalue weighted by molar-refractivity contribution is -0.384. The molecule has 28 heavy (non-hydrogen) atoms. The van der Waals surface area contributed by atoms with Crippen LogP contribution in [0, 0.1) is 10.1 Å². The zero-order chi connectivity index (χ0) is 20.4. The van der Waals surface area contributed by atoms with E-state index in [2.05, 4.69) is 10.6 Å². The Morgan fingerprint density at radius 2 is 1.86 bits per heavy atom. The van der Waals surface area contributed by atoms with Gasteiger partial charge in [0.25, 0.3) is 17.5 Å². The van der Waals surface area contributed by atoms with E-state index in [9.17, 15) is 24.5 Å². The van der Waals surface area contributed by atoms with Crippen LogP contribution in [-0.2, 0) is 9.59 Å². The van der Waals surface area contributed by atoms with Gasteiger partial charge in [0.05, 0.1) is 4.92 Å². The highest BCUT2D eigenvalue weighted by Crippen LogP contribution is 2.29. The van der Waals surface area contributed by atoms with Gasteiger partial charge in [0.1, 0.15) is 5.57 Å². The molecule has 1 aromatic carbocycles. The molecule has 2 aliphatic heterocycles. The summed E-state index contributed by atoms with van der Waals surface area (Å²) in [5.41, 5.74) is 0.692. The first kappa shape index (κ1) is 19.5. The van der Waals surface area contributed by atoms with Crippen LogP contribution in [0.3, 0.4) is 0 Å². The van der Waals surface area contributed by atoms with Gasteiger partial charge in [0.2, 0.25) is 0 Å². The van der Waals surface area contributed by atoms with E-state index in [-0.39, 0.29) is 11.3 Å². The van der Waals surface area contributed by atoms with Crippen molar-refractivity contribution < 1.29 is 19.3 Å². The summed E-state index contributed by atoms with van der Waals surface area (Å²) in [6.07, 6.45) is 1.32. The Labute approximate surface area is 161 Å². The lowest BCUT2D eigenvalue weighted by Crippen LogP contribution is -2.56. The highest BCUT2D eigenvalue weighted by Gasteiger charge is 2.37. The number of carbonyl (C=O) groups is 3. The molecule has 10 heteroatoms. The molecule has 2 fully saturated rings. The van der Waals surface area contributed by atoms with Gasteiger partial charge >= 0.3 is 6.03 Å². The Morgan fingerprint density at radius 1 is 1.18 bits per heavy atom. The molecular formula is C18H21N5O5. The van der Waals surface area contributed by atoms with E-state index < -0.39 is 28.8 Å². The summed E-state index contributed by atoms with van der Waals surface area (Å²) >= 11 is 0. The van der Waals surface area contributed by atoms with Crippen LogP contribution in [0.25, 0.3) is 6.08 Å². The number of urea groups is 1. The molecule has 0 atom stereocenters. The Kier molecular flexibility index (Phi) is 5.41. The molecule has 0 bridgehead atoms. The minimum atomic E-state index is -0.815. The summed E-state index contributed by atoms with van der Waals surface area (Å²) in [5, 5.41) is 16.6. The zero-order valence-corrected chi connectivity index (χ0v) is 15.6. The Bertz CT molecular complexity index is 873. The van der Waals surface area contributed by atoms with E-state index in [1.807, 2.05) is 4.90 Å². The van der Waals surface area contributed by atoms with Crippen molar-refractivity contribution in [3.05, 3.63) is 39.4 Å². The predicted molar refractivity (Wildman–Crippen MR) is 102 cm³/mol. The smallest absolute Gasteiger partial charge is 0.331 e. The number of nitro benzene ring substituents is 1. The number of hydrogen-bond donors (Lipinski definition) is 2. The summed E-state index contributed by atoms with van der Waals surface area (Å²) in [7, 11) is 0. The van der Waals surface area contributed by atoms with Crippen molar-refractivity contribution in [1.82, 2.24) is 15.5 Å². The molecule has 0 aliphatic carbocycles. The summed E-state index contributed by atoms with van der Waals surface area (Å²) in [5.74, 6) is -1.54. The zero-order valence-electron chi connectivity index (χ0n) is 15.6. The molecular weight excluding hydrogens is 366 g/mol. The molecule has 2 saturated heterocycles. The van der Waals surface area contributed by atoms with Crippen molar-refractivity contribution >= 4 is 35.3 Å². The van der Waals surface area contributed by atoms with E-state index in [0.29, 0.717) is 24.3 Å². The number of hydrogen-bond acceptors (Lipinski definition) is 7. The lowest BCUT2D eigenvalue weighted by atomic mass is 10.0. The summed E-state index contributed by atoms with van der Waals surface area (Å²) in [6.45, 7) is 6.19. The maximum atomic E-state index is 12.7. The molecule has 2 heterocycles. The summed E-state index contributed by atoms with van der Waals surface area (Å²) < 4.78 is 0. The number of non-ortho nitro benzene ring substituents is 1.